The summed E-state index contributed by atoms with van der Waals surface area (Å²) in [6.07, 6.45) is 0.875. The quantitative estimate of drug-likeness (QED) is 0.525. The highest BCUT2D eigenvalue weighted by atomic mass is 32.2. The fraction of sp³-hybridized carbons (Fsp3) is 0.308. The van der Waals surface area contributed by atoms with E-state index < -0.39 is 10.0 Å². The van der Waals surface area contributed by atoms with Crippen molar-refractivity contribution in [2.45, 2.75) is 23.8 Å². The second-order valence-electron chi connectivity index (χ2n) is 9.07. The largest absolute Gasteiger partial charge is 0.497 e. The highest BCUT2D eigenvalue weighted by Gasteiger charge is 2.37. The van der Waals surface area contributed by atoms with E-state index in [1.807, 2.05) is 18.2 Å². The van der Waals surface area contributed by atoms with E-state index in [0.717, 1.165) is 12.1 Å². The lowest BCUT2D eigenvalue weighted by Gasteiger charge is -2.42. The number of hydrogen-bond donors (Lipinski definition) is 1. The fourth-order valence-electron chi connectivity index (χ4n) is 4.94. The van der Waals surface area contributed by atoms with Crippen LogP contribution in [0.4, 0.5) is 5.69 Å². The van der Waals surface area contributed by atoms with Crippen molar-refractivity contribution in [3.05, 3.63) is 82.8 Å². The Hall–Kier alpha value is -3.79. The van der Waals surface area contributed by atoms with Crippen LogP contribution < -0.4 is 19.8 Å². The van der Waals surface area contributed by atoms with E-state index in [0.29, 0.717) is 31.1 Å². The van der Waals surface area contributed by atoms with Crippen LogP contribution in [0, 0.1) is 5.92 Å². The number of piperidine rings is 1. The molecule has 0 saturated carbocycles. The molecule has 0 spiro atoms. The molecule has 1 saturated heterocycles. The molecule has 3 heterocycles. The second kappa shape index (κ2) is 9.69. The molecule has 5 rings (SSSR count). The molecule has 36 heavy (non-hydrogen) atoms. The number of nitrogens with zero attached hydrogens (tertiary/aromatic N) is 2. The zero-order valence-corrected chi connectivity index (χ0v) is 20.6. The van der Waals surface area contributed by atoms with Crippen molar-refractivity contribution in [3.63, 3.8) is 0 Å². The number of methoxy groups -OCH3 is 1. The fourth-order valence-corrected chi connectivity index (χ4v) is 6.00. The number of fused-ring (bicyclic) bond motifs is 4. The van der Waals surface area contributed by atoms with Gasteiger partial charge in [-0.05, 0) is 60.9 Å². The number of likely N-dealkylation sites (tertiary alicyclic amines) is 1. The minimum atomic E-state index is -3.94. The number of para-hydroxylation sites is 1. The van der Waals surface area contributed by atoms with Gasteiger partial charge in [0.15, 0.2) is 6.61 Å². The molecule has 0 radical (unpaired) electrons. The first-order valence-corrected chi connectivity index (χ1v) is 13.2. The first kappa shape index (κ1) is 23.9. The van der Waals surface area contributed by atoms with Gasteiger partial charge in [-0.25, -0.2) is 8.42 Å². The number of rotatable bonds is 7. The van der Waals surface area contributed by atoms with Gasteiger partial charge in [-0.3, -0.25) is 14.3 Å². The van der Waals surface area contributed by atoms with Crippen LogP contribution in [0.2, 0.25) is 0 Å². The van der Waals surface area contributed by atoms with Gasteiger partial charge in [0.05, 0.1) is 12.0 Å². The molecule has 3 aromatic rings. The van der Waals surface area contributed by atoms with Gasteiger partial charge in [0, 0.05) is 31.2 Å². The number of aromatic nitrogens is 1. The molecule has 0 unspecified atom stereocenters. The Bertz CT molecular complexity index is 1420. The summed E-state index contributed by atoms with van der Waals surface area (Å²) in [7, 11) is -2.44. The maximum absolute atomic E-state index is 13.2. The summed E-state index contributed by atoms with van der Waals surface area (Å²) in [4.78, 5) is 27.9. The molecule has 1 aromatic heterocycles. The number of pyridine rings is 1. The van der Waals surface area contributed by atoms with Crippen molar-refractivity contribution in [3.8, 4) is 11.5 Å². The molecule has 0 aliphatic carbocycles. The first-order valence-electron chi connectivity index (χ1n) is 11.7. The van der Waals surface area contributed by atoms with Gasteiger partial charge in [0.1, 0.15) is 17.2 Å². The van der Waals surface area contributed by atoms with Crippen molar-refractivity contribution >= 4 is 21.6 Å². The van der Waals surface area contributed by atoms with Gasteiger partial charge in [-0.15, -0.1) is 0 Å². The molecule has 1 fully saturated rings. The van der Waals surface area contributed by atoms with Crippen LogP contribution in [0.15, 0.2) is 76.4 Å². The Morgan fingerprint density at radius 1 is 0.972 bits per heavy atom. The zero-order valence-electron chi connectivity index (χ0n) is 19.8. The van der Waals surface area contributed by atoms with Gasteiger partial charge in [0.2, 0.25) is 0 Å². The van der Waals surface area contributed by atoms with Gasteiger partial charge < -0.3 is 18.9 Å². The maximum Gasteiger partial charge on any atom is 0.275 e. The Kier molecular flexibility index (Phi) is 6.44. The molecule has 2 aliphatic heterocycles. The summed E-state index contributed by atoms with van der Waals surface area (Å²) in [5.41, 5.74) is 0.426. The minimum Gasteiger partial charge on any atom is -0.497 e. The number of carbonyl (C=O) groups is 1. The highest BCUT2D eigenvalue weighted by Crippen LogP contribution is 2.35. The van der Waals surface area contributed by atoms with Crippen molar-refractivity contribution < 1.29 is 22.7 Å². The van der Waals surface area contributed by atoms with Crippen molar-refractivity contribution in [1.29, 1.82) is 0 Å². The van der Waals surface area contributed by atoms with E-state index in [1.54, 1.807) is 39.8 Å². The smallest absolute Gasteiger partial charge is 0.275 e. The first-order chi connectivity index (χ1) is 17.3. The molecule has 2 atom stereocenters. The molecular formula is C26H27N3O6S. The molecule has 1 amide bonds. The van der Waals surface area contributed by atoms with Crippen molar-refractivity contribution in [2.75, 3.05) is 31.5 Å². The number of amides is 1. The molecule has 188 valence electrons. The van der Waals surface area contributed by atoms with E-state index in [-0.39, 0.29) is 40.5 Å². The average Bonchev–Trinajstić information content (AvgIpc) is 2.89. The molecule has 2 aromatic carbocycles. The molecule has 9 nitrogen and oxygen atoms in total. The zero-order chi connectivity index (χ0) is 25.3. The number of hydrogen-bond acceptors (Lipinski definition) is 6. The lowest BCUT2D eigenvalue weighted by Crippen LogP contribution is -2.50. The molecule has 2 bridgehead atoms. The number of sulfonamides is 1. The lowest BCUT2D eigenvalue weighted by atomic mass is 9.83. The standard InChI is InChI=1S/C26H27N3O6S/c1-34-20-7-9-22(10-8-20)36(32,33)27-23-11-12-24-19-13-18(15-29(24)26(23)31)14-28(16-19)25(30)17-35-21-5-3-2-4-6-21/h2-12,18-19,27H,13-17H2,1H3/t18-,19+/m0/s1. The van der Waals surface area contributed by atoms with Gasteiger partial charge in [0.25, 0.3) is 21.5 Å². The van der Waals surface area contributed by atoms with Gasteiger partial charge in [-0.1, -0.05) is 18.2 Å². The van der Waals surface area contributed by atoms with Crippen LogP contribution in [0.5, 0.6) is 11.5 Å². The third-order valence-corrected chi connectivity index (χ3v) is 8.06. The van der Waals surface area contributed by atoms with Crippen LogP contribution in [-0.4, -0.2) is 50.6 Å². The minimum absolute atomic E-state index is 0.00117. The van der Waals surface area contributed by atoms with Crippen LogP contribution in [0.1, 0.15) is 18.0 Å². The monoisotopic (exact) mass is 509 g/mol. The third kappa shape index (κ3) is 4.81. The van der Waals surface area contributed by atoms with Crippen molar-refractivity contribution in [1.82, 2.24) is 9.47 Å². The number of benzene rings is 2. The van der Waals surface area contributed by atoms with E-state index in [4.69, 9.17) is 9.47 Å². The summed E-state index contributed by atoms with van der Waals surface area (Å²) >= 11 is 0. The van der Waals surface area contributed by atoms with E-state index in [2.05, 4.69) is 4.72 Å². The summed E-state index contributed by atoms with van der Waals surface area (Å²) < 4.78 is 40.5. The number of anilines is 1. The topological polar surface area (TPSA) is 107 Å². The summed E-state index contributed by atoms with van der Waals surface area (Å²) in [6, 6.07) is 18.4. The lowest BCUT2D eigenvalue weighted by molar-refractivity contribution is -0.136. The van der Waals surface area contributed by atoms with E-state index in [1.165, 1.54) is 25.3 Å². The van der Waals surface area contributed by atoms with Crippen LogP contribution in [0.25, 0.3) is 0 Å². The van der Waals surface area contributed by atoms with E-state index in [9.17, 15) is 18.0 Å². The summed E-state index contributed by atoms with van der Waals surface area (Å²) in [5.74, 6) is 1.19. The number of carbonyl (C=O) groups excluding carboxylic acids is 1. The Morgan fingerprint density at radius 3 is 2.44 bits per heavy atom. The second-order valence-corrected chi connectivity index (χ2v) is 10.8. The van der Waals surface area contributed by atoms with Crippen molar-refractivity contribution in [2.24, 2.45) is 5.92 Å². The molecular weight excluding hydrogens is 482 g/mol. The molecule has 2 aliphatic rings. The normalized spacial score (nSPS) is 18.8. The summed E-state index contributed by atoms with van der Waals surface area (Å²) in [6.45, 7) is 1.40. The Balaban J connectivity index is 1.31. The van der Waals surface area contributed by atoms with Crippen LogP contribution >= 0.6 is 0 Å². The SMILES string of the molecule is COc1ccc(S(=O)(=O)Nc2ccc3n(c2=O)C[C@H]2C[C@@H]3CN(C(=O)COc3ccccc3)C2)cc1. The van der Waals surface area contributed by atoms with E-state index >= 15 is 0 Å². The average molecular weight is 510 g/mol. The number of nitrogens with one attached hydrogen (secondary N) is 1. The number of ether oxygens (including phenoxy) is 2. The van der Waals surface area contributed by atoms with Gasteiger partial charge in [-0.2, -0.15) is 0 Å². The molecule has 1 N–H and O–H groups in total. The van der Waals surface area contributed by atoms with Crippen LogP contribution in [-0.2, 0) is 21.4 Å². The molecule has 10 heteroatoms. The Morgan fingerprint density at radius 2 is 1.72 bits per heavy atom. The maximum atomic E-state index is 13.2. The predicted octanol–water partition coefficient (Wildman–Crippen LogP) is 2.68. The predicted molar refractivity (Wildman–Crippen MR) is 134 cm³/mol. The van der Waals surface area contributed by atoms with Crippen LogP contribution in [0.3, 0.4) is 0 Å². The Labute approximate surface area is 209 Å². The summed E-state index contributed by atoms with van der Waals surface area (Å²) in [5, 5.41) is 0. The third-order valence-electron chi connectivity index (χ3n) is 6.68. The highest BCUT2D eigenvalue weighted by molar-refractivity contribution is 7.92. The van der Waals surface area contributed by atoms with Gasteiger partial charge >= 0.3 is 0 Å².